The van der Waals surface area contributed by atoms with Gasteiger partial charge in [-0.05, 0) is 72.1 Å². The maximum absolute atomic E-state index is 12.5. The average Bonchev–Trinajstić information content (AvgIpc) is 2.82. The van der Waals surface area contributed by atoms with E-state index in [2.05, 4.69) is 22.5 Å². The summed E-state index contributed by atoms with van der Waals surface area (Å²) in [6.07, 6.45) is -0.588. The molecule has 13 heteroatoms. The number of hydrogen-bond acceptors (Lipinski definition) is 9. The van der Waals surface area contributed by atoms with Gasteiger partial charge >= 0.3 is 30.2 Å². The molecule has 0 saturated carbocycles. The molecule has 0 bridgehead atoms. The summed E-state index contributed by atoms with van der Waals surface area (Å²) in [5.41, 5.74) is -0.882. The van der Waals surface area contributed by atoms with Gasteiger partial charge in [-0.3, -0.25) is 0 Å². The van der Waals surface area contributed by atoms with Crippen molar-refractivity contribution in [3.8, 4) is 5.75 Å². The van der Waals surface area contributed by atoms with Gasteiger partial charge in [0.05, 0.1) is 0 Å². The lowest BCUT2D eigenvalue weighted by atomic mass is 10.1. The molecular weight excluding hydrogens is 538 g/mol. The van der Waals surface area contributed by atoms with E-state index in [1.807, 2.05) is 0 Å². The van der Waals surface area contributed by atoms with Gasteiger partial charge in [-0.15, -0.1) is 0 Å². The van der Waals surface area contributed by atoms with Gasteiger partial charge in [0.2, 0.25) is 0 Å². The van der Waals surface area contributed by atoms with Crippen LogP contribution < -0.4 is 20.7 Å². The molecule has 0 unspecified atom stereocenters. The van der Waals surface area contributed by atoms with E-state index in [1.165, 1.54) is 18.2 Å². The van der Waals surface area contributed by atoms with Crippen molar-refractivity contribution in [2.24, 2.45) is 0 Å². The maximum atomic E-state index is 12.5. The number of carboxylic acids is 1. The maximum Gasteiger partial charge on any atom is 0.412 e. The van der Waals surface area contributed by atoms with Crippen molar-refractivity contribution < 1.29 is 48.0 Å². The molecule has 228 valence electrons. The van der Waals surface area contributed by atoms with Crippen molar-refractivity contribution >= 4 is 30.2 Å². The molecule has 2 atom stereocenters. The summed E-state index contributed by atoms with van der Waals surface area (Å²) in [6.45, 7) is 13.6. The largest absolute Gasteiger partial charge is 0.480 e. The van der Waals surface area contributed by atoms with Crippen molar-refractivity contribution in [3.63, 3.8) is 0 Å². The van der Waals surface area contributed by atoms with E-state index >= 15 is 0 Å². The molecule has 0 aliphatic heterocycles. The molecule has 3 amide bonds. The first-order valence-electron chi connectivity index (χ1n) is 13.0. The Labute approximate surface area is 239 Å². The summed E-state index contributed by atoms with van der Waals surface area (Å²) in [7, 11) is 0. The molecule has 13 nitrogen and oxygen atoms in total. The Bertz CT molecular complexity index is 1060. The van der Waals surface area contributed by atoms with E-state index in [1.54, 1.807) is 53.7 Å². The fourth-order valence-corrected chi connectivity index (χ4v) is 3.16. The van der Waals surface area contributed by atoms with Gasteiger partial charge in [0, 0.05) is 13.0 Å². The molecule has 4 N–H and O–H groups in total. The predicted molar refractivity (Wildman–Crippen MR) is 149 cm³/mol. The SMILES string of the molecule is C=CCOC(=O)[C@H](Cc1ccc(OC(=O)NCCC[C@H](NC(=O)OC(C)(C)C)C(=O)O)cc1)NC(=O)OC(C)(C)C. The molecule has 0 spiro atoms. The quantitative estimate of drug-likeness (QED) is 0.117. The number of benzene rings is 1. The monoisotopic (exact) mass is 579 g/mol. The van der Waals surface area contributed by atoms with E-state index in [0.717, 1.165) is 0 Å². The van der Waals surface area contributed by atoms with Gasteiger partial charge in [-0.1, -0.05) is 24.8 Å². The van der Waals surface area contributed by atoms with Crippen molar-refractivity contribution in [3.05, 3.63) is 42.5 Å². The number of amides is 3. The highest BCUT2D eigenvalue weighted by Crippen LogP contribution is 2.15. The van der Waals surface area contributed by atoms with E-state index in [-0.39, 0.29) is 38.2 Å². The summed E-state index contributed by atoms with van der Waals surface area (Å²) in [5, 5.41) is 16.6. The minimum atomic E-state index is -1.23. The smallest absolute Gasteiger partial charge is 0.412 e. The molecule has 0 radical (unpaired) electrons. The number of hydrogen-bond donors (Lipinski definition) is 4. The Hall–Kier alpha value is -4.29. The zero-order chi connectivity index (χ0) is 31.2. The Balaban J connectivity index is 2.62. The van der Waals surface area contributed by atoms with Crippen LogP contribution in [0.15, 0.2) is 36.9 Å². The second-order valence-electron chi connectivity index (χ2n) is 11.0. The third-order valence-electron chi connectivity index (χ3n) is 4.82. The Morgan fingerprint density at radius 2 is 1.41 bits per heavy atom. The second-order valence-corrected chi connectivity index (χ2v) is 11.0. The van der Waals surface area contributed by atoms with E-state index in [0.29, 0.717) is 5.56 Å². The highest BCUT2D eigenvalue weighted by atomic mass is 16.6. The van der Waals surface area contributed by atoms with Crippen LogP contribution >= 0.6 is 0 Å². The number of aliphatic carboxylic acids is 1. The van der Waals surface area contributed by atoms with Crippen LogP contribution in [0.5, 0.6) is 5.75 Å². The van der Waals surface area contributed by atoms with Crippen LogP contribution in [-0.4, -0.2) is 71.8 Å². The van der Waals surface area contributed by atoms with Crippen LogP contribution in [0.25, 0.3) is 0 Å². The minimum Gasteiger partial charge on any atom is -0.480 e. The highest BCUT2D eigenvalue weighted by molar-refractivity contribution is 5.82. The number of nitrogens with one attached hydrogen (secondary N) is 3. The van der Waals surface area contributed by atoms with Crippen LogP contribution in [0.2, 0.25) is 0 Å². The molecule has 41 heavy (non-hydrogen) atoms. The minimum absolute atomic E-state index is 0.0234. The Kier molecular flexibility index (Phi) is 13.6. The fraction of sp³-hybridized carbons (Fsp3) is 0.536. The lowest BCUT2D eigenvalue weighted by molar-refractivity contribution is -0.145. The number of carbonyl (C=O) groups excluding carboxylic acids is 4. The number of carbonyl (C=O) groups is 5. The standard InChI is InChI=1S/C28H41N3O10/c1-8-16-38-23(34)21(31-26(37)41-28(5,6)7)17-18-11-13-19(14-12-18)39-24(35)29-15-9-10-20(22(32)33)30-25(36)40-27(2,3)4/h8,11-14,20-21H,1,9-10,15-17H2,2-7H3,(H,29,35)(H,30,36)(H,31,37)(H,32,33)/t20-,21-/m0/s1. The van der Waals surface area contributed by atoms with Crippen LogP contribution in [0.3, 0.4) is 0 Å². The number of esters is 1. The first-order valence-corrected chi connectivity index (χ1v) is 13.0. The zero-order valence-corrected chi connectivity index (χ0v) is 24.4. The summed E-state index contributed by atoms with van der Waals surface area (Å²) >= 11 is 0. The molecule has 0 aliphatic carbocycles. The molecule has 0 fully saturated rings. The fourth-order valence-electron chi connectivity index (χ4n) is 3.16. The van der Waals surface area contributed by atoms with Crippen LogP contribution in [0.1, 0.15) is 59.9 Å². The van der Waals surface area contributed by atoms with Crippen LogP contribution in [-0.2, 0) is 30.2 Å². The molecule has 1 aromatic carbocycles. The topological polar surface area (TPSA) is 179 Å². The van der Waals surface area contributed by atoms with Gasteiger partial charge in [-0.2, -0.15) is 0 Å². The van der Waals surface area contributed by atoms with E-state index in [9.17, 15) is 29.1 Å². The molecule has 1 rings (SSSR count). The molecule has 0 saturated heterocycles. The van der Waals surface area contributed by atoms with Gasteiger partial charge in [0.15, 0.2) is 0 Å². The Morgan fingerprint density at radius 1 is 0.878 bits per heavy atom. The van der Waals surface area contributed by atoms with E-state index in [4.69, 9.17) is 18.9 Å². The first kappa shape index (κ1) is 34.7. The van der Waals surface area contributed by atoms with Crippen LogP contribution in [0.4, 0.5) is 14.4 Å². The average molecular weight is 580 g/mol. The second kappa shape index (κ2) is 16.1. The van der Waals surface area contributed by atoms with Crippen molar-refractivity contribution in [1.82, 2.24) is 16.0 Å². The van der Waals surface area contributed by atoms with Crippen molar-refractivity contribution in [2.45, 2.75) is 84.1 Å². The molecule has 0 heterocycles. The summed E-state index contributed by atoms with van der Waals surface area (Å²) in [4.78, 5) is 60.1. The molecule has 1 aromatic rings. The van der Waals surface area contributed by atoms with Gasteiger partial charge < -0.3 is 40.0 Å². The van der Waals surface area contributed by atoms with Crippen LogP contribution in [0, 0.1) is 0 Å². The summed E-state index contributed by atoms with van der Waals surface area (Å²) < 4.78 is 20.6. The van der Waals surface area contributed by atoms with Gasteiger partial charge in [-0.25, -0.2) is 24.0 Å². The zero-order valence-electron chi connectivity index (χ0n) is 24.4. The summed E-state index contributed by atoms with van der Waals surface area (Å²) in [6, 6.07) is 4.05. The molecule has 0 aromatic heterocycles. The molecule has 0 aliphatic rings. The summed E-state index contributed by atoms with van der Waals surface area (Å²) in [5.74, 6) is -1.68. The number of alkyl carbamates (subject to hydrolysis) is 2. The predicted octanol–water partition coefficient (Wildman–Crippen LogP) is 3.70. The van der Waals surface area contributed by atoms with Gasteiger partial charge in [0.25, 0.3) is 0 Å². The number of carboxylic acid groups (broad SMARTS) is 1. The lowest BCUT2D eigenvalue weighted by Gasteiger charge is -2.23. The third kappa shape index (κ3) is 15.8. The number of ether oxygens (including phenoxy) is 4. The lowest BCUT2D eigenvalue weighted by Crippen LogP contribution is -2.45. The highest BCUT2D eigenvalue weighted by Gasteiger charge is 2.26. The normalized spacial score (nSPS) is 12.6. The number of rotatable bonds is 13. The Morgan fingerprint density at radius 3 is 1.90 bits per heavy atom. The van der Waals surface area contributed by atoms with Crippen molar-refractivity contribution in [1.29, 1.82) is 0 Å². The third-order valence-corrected chi connectivity index (χ3v) is 4.82. The van der Waals surface area contributed by atoms with E-state index < -0.39 is 53.5 Å². The van der Waals surface area contributed by atoms with Gasteiger partial charge in [0.1, 0.15) is 35.6 Å². The first-order chi connectivity index (χ1) is 19.0. The molecular formula is C28H41N3O10. The van der Waals surface area contributed by atoms with Crippen molar-refractivity contribution in [2.75, 3.05) is 13.2 Å².